The molecule has 0 bridgehead atoms. The first-order chi connectivity index (χ1) is 6.81. The lowest BCUT2D eigenvalue weighted by atomic mass is 9.88. The molecule has 1 aliphatic rings. The molecule has 0 fully saturated rings. The van der Waals surface area contributed by atoms with E-state index in [2.05, 4.69) is 31.2 Å². The molecule has 2 N–H and O–H groups in total. The molecular formula is C13H17N. The molecule has 0 atom stereocenters. The second-order valence-corrected chi connectivity index (χ2v) is 3.98. The Labute approximate surface area is 85.6 Å². The molecule has 0 amide bonds. The van der Waals surface area contributed by atoms with Gasteiger partial charge in [-0.05, 0) is 49.4 Å². The van der Waals surface area contributed by atoms with Gasteiger partial charge in [-0.25, -0.2) is 0 Å². The number of hydrogen-bond acceptors (Lipinski definition) is 1. The first kappa shape index (κ1) is 9.47. The number of nitrogens with two attached hydrogens (primary N) is 1. The highest BCUT2D eigenvalue weighted by Gasteiger charge is 2.10. The van der Waals surface area contributed by atoms with Gasteiger partial charge in [0.25, 0.3) is 0 Å². The van der Waals surface area contributed by atoms with E-state index < -0.39 is 0 Å². The van der Waals surface area contributed by atoms with Crippen LogP contribution in [0.4, 0.5) is 0 Å². The Morgan fingerprint density at radius 2 is 2.14 bits per heavy atom. The smallest absolute Gasteiger partial charge is 0.00398 e. The predicted molar refractivity (Wildman–Crippen MR) is 61.1 cm³/mol. The van der Waals surface area contributed by atoms with E-state index in [0.29, 0.717) is 0 Å². The van der Waals surface area contributed by atoms with Crippen LogP contribution in [0.25, 0.3) is 6.08 Å². The summed E-state index contributed by atoms with van der Waals surface area (Å²) < 4.78 is 0. The lowest BCUT2D eigenvalue weighted by Crippen LogP contribution is -2.06. The van der Waals surface area contributed by atoms with Gasteiger partial charge in [0.15, 0.2) is 0 Å². The van der Waals surface area contributed by atoms with Crippen LogP contribution in [0.15, 0.2) is 23.8 Å². The third-order valence-corrected chi connectivity index (χ3v) is 2.97. The minimum absolute atomic E-state index is 0.771. The van der Waals surface area contributed by atoms with Gasteiger partial charge in [0.1, 0.15) is 0 Å². The molecule has 0 saturated carbocycles. The average Bonchev–Trinajstić information content (AvgIpc) is 2.18. The van der Waals surface area contributed by atoms with Gasteiger partial charge in [-0.2, -0.15) is 0 Å². The molecule has 0 aromatic heterocycles. The number of rotatable bonds is 2. The second kappa shape index (κ2) is 3.97. The van der Waals surface area contributed by atoms with E-state index in [4.69, 9.17) is 5.73 Å². The Morgan fingerprint density at radius 1 is 1.29 bits per heavy atom. The lowest BCUT2D eigenvalue weighted by Gasteiger charge is -2.17. The third kappa shape index (κ3) is 1.73. The molecule has 0 radical (unpaired) electrons. The fourth-order valence-electron chi connectivity index (χ4n) is 2.16. The second-order valence-electron chi connectivity index (χ2n) is 3.98. The van der Waals surface area contributed by atoms with Crippen LogP contribution < -0.4 is 5.73 Å². The summed E-state index contributed by atoms with van der Waals surface area (Å²) in [5.74, 6) is 0. The third-order valence-electron chi connectivity index (χ3n) is 2.97. The zero-order valence-electron chi connectivity index (χ0n) is 8.72. The fourth-order valence-corrected chi connectivity index (χ4v) is 2.16. The van der Waals surface area contributed by atoms with Gasteiger partial charge in [-0.1, -0.05) is 29.8 Å². The molecule has 1 aromatic carbocycles. The summed E-state index contributed by atoms with van der Waals surface area (Å²) in [5.41, 5.74) is 11.4. The first-order valence-electron chi connectivity index (χ1n) is 5.29. The standard InChI is InChI=1S/C13H17N/c1-10-3-2-4-12-9-11(7-8-14)5-6-13(10)12/h2-4,9H,5-8,14H2,1H3. The maximum Gasteiger partial charge on any atom is -0.00398 e. The maximum absolute atomic E-state index is 5.57. The van der Waals surface area contributed by atoms with Crippen molar-refractivity contribution in [2.24, 2.45) is 5.73 Å². The summed E-state index contributed by atoms with van der Waals surface area (Å²) in [6, 6.07) is 6.54. The van der Waals surface area contributed by atoms with E-state index in [-0.39, 0.29) is 0 Å². The van der Waals surface area contributed by atoms with Crippen molar-refractivity contribution in [3.05, 3.63) is 40.5 Å². The molecule has 0 saturated heterocycles. The summed E-state index contributed by atoms with van der Waals surface area (Å²) in [6.07, 6.45) is 5.75. The van der Waals surface area contributed by atoms with E-state index >= 15 is 0 Å². The lowest BCUT2D eigenvalue weighted by molar-refractivity contribution is 0.833. The Hall–Kier alpha value is -1.08. The van der Waals surface area contributed by atoms with Gasteiger partial charge >= 0.3 is 0 Å². The first-order valence-corrected chi connectivity index (χ1v) is 5.29. The summed E-state index contributed by atoms with van der Waals surface area (Å²) in [6.45, 7) is 2.97. The van der Waals surface area contributed by atoms with Crippen molar-refractivity contribution in [1.29, 1.82) is 0 Å². The van der Waals surface area contributed by atoms with Crippen molar-refractivity contribution in [1.82, 2.24) is 0 Å². The van der Waals surface area contributed by atoms with Crippen LogP contribution >= 0.6 is 0 Å². The normalized spacial score (nSPS) is 14.9. The topological polar surface area (TPSA) is 26.0 Å². The van der Waals surface area contributed by atoms with Gasteiger partial charge in [0.2, 0.25) is 0 Å². The van der Waals surface area contributed by atoms with Crippen LogP contribution in [-0.4, -0.2) is 6.54 Å². The predicted octanol–water partition coefficient (Wildman–Crippen LogP) is 2.67. The van der Waals surface area contributed by atoms with Crippen molar-refractivity contribution >= 4 is 6.08 Å². The van der Waals surface area contributed by atoms with Gasteiger partial charge < -0.3 is 5.73 Å². The molecule has 14 heavy (non-hydrogen) atoms. The van der Waals surface area contributed by atoms with Crippen LogP contribution in [0.3, 0.4) is 0 Å². The summed E-state index contributed by atoms with van der Waals surface area (Å²) >= 11 is 0. The molecule has 0 heterocycles. The molecule has 0 spiro atoms. The van der Waals surface area contributed by atoms with E-state index in [1.54, 1.807) is 0 Å². The highest BCUT2D eigenvalue weighted by Crippen LogP contribution is 2.27. The highest BCUT2D eigenvalue weighted by molar-refractivity contribution is 5.61. The van der Waals surface area contributed by atoms with Gasteiger partial charge in [0.05, 0.1) is 0 Å². The summed E-state index contributed by atoms with van der Waals surface area (Å²) in [7, 11) is 0. The molecule has 74 valence electrons. The number of aryl methyl sites for hydroxylation is 1. The molecule has 1 aromatic rings. The van der Waals surface area contributed by atoms with E-state index in [1.807, 2.05) is 0 Å². The molecular weight excluding hydrogens is 170 g/mol. The van der Waals surface area contributed by atoms with Crippen LogP contribution in [0.1, 0.15) is 29.5 Å². The Bertz CT molecular complexity index is 363. The molecule has 1 nitrogen and oxygen atoms in total. The number of benzene rings is 1. The minimum Gasteiger partial charge on any atom is -0.330 e. The minimum atomic E-state index is 0.771. The van der Waals surface area contributed by atoms with Crippen LogP contribution in [0, 0.1) is 6.92 Å². The Balaban J connectivity index is 2.35. The average molecular weight is 187 g/mol. The van der Waals surface area contributed by atoms with Gasteiger partial charge in [0, 0.05) is 0 Å². The maximum atomic E-state index is 5.57. The molecule has 1 aliphatic carbocycles. The van der Waals surface area contributed by atoms with Crippen molar-refractivity contribution in [2.45, 2.75) is 26.2 Å². The van der Waals surface area contributed by atoms with E-state index in [1.165, 1.54) is 35.1 Å². The monoisotopic (exact) mass is 187 g/mol. The SMILES string of the molecule is Cc1cccc2c1CCC(CCN)=C2. The van der Waals surface area contributed by atoms with Crippen molar-refractivity contribution in [2.75, 3.05) is 6.54 Å². The van der Waals surface area contributed by atoms with Gasteiger partial charge in [-0.15, -0.1) is 0 Å². The molecule has 0 aliphatic heterocycles. The molecule has 2 rings (SSSR count). The van der Waals surface area contributed by atoms with Crippen LogP contribution in [-0.2, 0) is 6.42 Å². The highest BCUT2D eigenvalue weighted by atomic mass is 14.5. The van der Waals surface area contributed by atoms with Crippen molar-refractivity contribution < 1.29 is 0 Å². The van der Waals surface area contributed by atoms with E-state index in [9.17, 15) is 0 Å². The van der Waals surface area contributed by atoms with Crippen LogP contribution in [0.2, 0.25) is 0 Å². The number of hydrogen-bond donors (Lipinski definition) is 1. The molecule has 1 heteroatoms. The zero-order valence-corrected chi connectivity index (χ0v) is 8.72. The summed E-state index contributed by atoms with van der Waals surface area (Å²) in [4.78, 5) is 0. The Kier molecular flexibility index (Phi) is 2.69. The van der Waals surface area contributed by atoms with Crippen LogP contribution in [0.5, 0.6) is 0 Å². The fraction of sp³-hybridized carbons (Fsp3) is 0.385. The largest absolute Gasteiger partial charge is 0.330 e. The summed E-state index contributed by atoms with van der Waals surface area (Å²) in [5, 5.41) is 0. The van der Waals surface area contributed by atoms with Crippen molar-refractivity contribution in [3.63, 3.8) is 0 Å². The van der Waals surface area contributed by atoms with E-state index in [0.717, 1.165) is 13.0 Å². The van der Waals surface area contributed by atoms with Crippen molar-refractivity contribution in [3.8, 4) is 0 Å². The number of fused-ring (bicyclic) bond motifs is 1. The Morgan fingerprint density at radius 3 is 2.93 bits per heavy atom. The molecule has 0 unspecified atom stereocenters. The van der Waals surface area contributed by atoms with Gasteiger partial charge in [-0.3, -0.25) is 0 Å². The zero-order chi connectivity index (χ0) is 9.97. The quantitative estimate of drug-likeness (QED) is 0.757.